The van der Waals surface area contributed by atoms with Crippen molar-refractivity contribution in [2.24, 2.45) is 5.41 Å². The molecule has 1 fully saturated rings. The van der Waals surface area contributed by atoms with E-state index in [0.717, 1.165) is 32.1 Å². The molecular weight excluding hydrogens is 318 g/mol. The van der Waals surface area contributed by atoms with Crippen LogP contribution >= 0.6 is 0 Å². The van der Waals surface area contributed by atoms with Crippen molar-refractivity contribution in [2.75, 3.05) is 25.5 Å². The Kier molecular flexibility index (Phi) is 5.06. The van der Waals surface area contributed by atoms with Crippen molar-refractivity contribution in [1.82, 2.24) is 9.88 Å². The molecule has 1 N–H and O–H groups in total. The van der Waals surface area contributed by atoms with Crippen LogP contribution in [0.5, 0.6) is 5.88 Å². The Balaban J connectivity index is 1.66. The van der Waals surface area contributed by atoms with E-state index in [-0.39, 0.29) is 5.41 Å². The summed E-state index contributed by atoms with van der Waals surface area (Å²) < 4.78 is 5.06. The number of ether oxygens (including phenoxy) is 1. The number of aromatic nitrogens is 1. The predicted octanol–water partition coefficient (Wildman–Crippen LogP) is 2.69. The number of piperidine rings is 1. The molecule has 0 saturated carbocycles. The topological polar surface area (TPSA) is 71.5 Å². The fourth-order valence-electron chi connectivity index (χ4n) is 3.80. The van der Waals surface area contributed by atoms with Crippen molar-refractivity contribution in [2.45, 2.75) is 39.0 Å². The number of nitrogens with one attached hydrogen (secondary N) is 1. The van der Waals surface area contributed by atoms with Gasteiger partial charge < -0.3 is 15.0 Å². The molecule has 1 atom stereocenters. The average molecular weight is 343 g/mol. The third-order valence-electron chi connectivity index (χ3n) is 5.22. The van der Waals surface area contributed by atoms with Crippen molar-refractivity contribution in [3.8, 4) is 5.88 Å². The second-order valence-corrected chi connectivity index (χ2v) is 6.99. The summed E-state index contributed by atoms with van der Waals surface area (Å²) in [7, 11) is 1.54. The van der Waals surface area contributed by atoms with Crippen LogP contribution in [0.3, 0.4) is 0 Å². The first-order valence-electron chi connectivity index (χ1n) is 8.80. The number of hydrogen-bond acceptors (Lipinski definition) is 4. The first-order chi connectivity index (χ1) is 12.0. The lowest BCUT2D eigenvalue weighted by molar-refractivity contribution is -0.145. The highest BCUT2D eigenvalue weighted by Gasteiger charge is 2.38. The van der Waals surface area contributed by atoms with Gasteiger partial charge in [-0.1, -0.05) is 12.2 Å². The Hall–Kier alpha value is -2.37. The average Bonchev–Trinajstić information content (AvgIpc) is 2.63. The van der Waals surface area contributed by atoms with Gasteiger partial charge in [0.25, 0.3) is 0 Å². The van der Waals surface area contributed by atoms with E-state index >= 15 is 0 Å². The standard InChI is InChI=1S/C19H25N3O3/c1-14-15(7-8-16(20-14)25-2)21-17(23)18(24)22-12-6-11-19(13-22)9-4-3-5-10-19/h3-4,7-8H,5-6,9-13H2,1-2H3,(H,21,23)/t19-/m1/s1. The Morgan fingerprint density at radius 1 is 1.28 bits per heavy atom. The Bertz CT molecular complexity index is 701. The first kappa shape index (κ1) is 17.5. The van der Waals surface area contributed by atoms with Crippen molar-refractivity contribution in [3.05, 3.63) is 30.0 Å². The summed E-state index contributed by atoms with van der Waals surface area (Å²) >= 11 is 0. The summed E-state index contributed by atoms with van der Waals surface area (Å²) in [5, 5.41) is 2.69. The maximum atomic E-state index is 12.6. The van der Waals surface area contributed by atoms with Gasteiger partial charge in [0, 0.05) is 19.2 Å². The fourth-order valence-corrected chi connectivity index (χ4v) is 3.80. The van der Waals surface area contributed by atoms with E-state index < -0.39 is 11.8 Å². The summed E-state index contributed by atoms with van der Waals surface area (Å²) in [6, 6.07) is 3.37. The maximum Gasteiger partial charge on any atom is 0.313 e. The van der Waals surface area contributed by atoms with E-state index in [0.29, 0.717) is 30.4 Å². The minimum absolute atomic E-state index is 0.153. The van der Waals surface area contributed by atoms with Crippen molar-refractivity contribution < 1.29 is 14.3 Å². The van der Waals surface area contributed by atoms with Gasteiger partial charge in [0.15, 0.2) is 0 Å². The van der Waals surface area contributed by atoms with Crippen LogP contribution in [0, 0.1) is 12.3 Å². The molecule has 0 radical (unpaired) electrons. The van der Waals surface area contributed by atoms with E-state index in [1.165, 1.54) is 7.11 Å². The van der Waals surface area contributed by atoms with Gasteiger partial charge in [0.1, 0.15) is 0 Å². The Morgan fingerprint density at radius 2 is 2.12 bits per heavy atom. The number of pyridine rings is 1. The molecule has 1 aliphatic carbocycles. The first-order valence-corrected chi connectivity index (χ1v) is 8.80. The number of likely N-dealkylation sites (tertiary alicyclic amines) is 1. The molecule has 25 heavy (non-hydrogen) atoms. The van der Waals surface area contributed by atoms with Gasteiger partial charge in [-0.25, -0.2) is 4.98 Å². The molecule has 3 rings (SSSR count). The van der Waals surface area contributed by atoms with Crippen LogP contribution in [-0.4, -0.2) is 41.9 Å². The summed E-state index contributed by atoms with van der Waals surface area (Å²) in [6.45, 7) is 3.09. The van der Waals surface area contributed by atoms with E-state index in [4.69, 9.17) is 4.74 Å². The molecule has 1 saturated heterocycles. The lowest BCUT2D eigenvalue weighted by atomic mass is 9.71. The third-order valence-corrected chi connectivity index (χ3v) is 5.22. The number of hydrogen-bond donors (Lipinski definition) is 1. The number of amides is 2. The fraction of sp³-hybridized carbons (Fsp3) is 0.526. The Labute approximate surface area is 148 Å². The van der Waals surface area contributed by atoms with Crippen molar-refractivity contribution >= 4 is 17.5 Å². The summed E-state index contributed by atoms with van der Waals surface area (Å²) in [6.07, 6.45) is 9.66. The van der Waals surface area contributed by atoms with Crippen LogP contribution in [0.4, 0.5) is 5.69 Å². The quantitative estimate of drug-likeness (QED) is 0.662. The van der Waals surface area contributed by atoms with Crippen LogP contribution in [0.1, 0.15) is 37.8 Å². The number of anilines is 1. The van der Waals surface area contributed by atoms with Crippen LogP contribution < -0.4 is 10.1 Å². The summed E-state index contributed by atoms with van der Waals surface area (Å²) in [5.74, 6) is -0.576. The van der Waals surface area contributed by atoms with Crippen LogP contribution in [-0.2, 0) is 9.59 Å². The van der Waals surface area contributed by atoms with E-state index in [1.54, 1.807) is 24.0 Å². The molecule has 2 aliphatic rings. The van der Waals surface area contributed by atoms with Gasteiger partial charge in [0.2, 0.25) is 5.88 Å². The number of rotatable bonds is 2. The molecule has 1 aromatic heterocycles. The summed E-state index contributed by atoms with van der Waals surface area (Å²) in [4.78, 5) is 31.0. The Morgan fingerprint density at radius 3 is 2.80 bits per heavy atom. The normalized spacial score (nSPS) is 22.7. The molecule has 0 aromatic carbocycles. The molecule has 0 unspecified atom stereocenters. The van der Waals surface area contributed by atoms with Gasteiger partial charge in [-0.2, -0.15) is 0 Å². The lowest BCUT2D eigenvalue weighted by Gasteiger charge is -2.43. The zero-order chi connectivity index (χ0) is 17.9. The van der Waals surface area contributed by atoms with Gasteiger partial charge in [-0.05, 0) is 50.5 Å². The zero-order valence-corrected chi connectivity index (χ0v) is 14.9. The monoisotopic (exact) mass is 343 g/mol. The van der Waals surface area contributed by atoms with E-state index in [1.807, 2.05) is 0 Å². The minimum Gasteiger partial charge on any atom is -0.481 e. The highest BCUT2D eigenvalue weighted by atomic mass is 16.5. The largest absolute Gasteiger partial charge is 0.481 e. The highest BCUT2D eigenvalue weighted by Crippen LogP contribution is 2.40. The maximum absolute atomic E-state index is 12.6. The second kappa shape index (κ2) is 7.25. The SMILES string of the molecule is COc1ccc(NC(=O)C(=O)N2CCC[C@]3(CC=CCC3)C2)c(C)n1. The molecule has 6 nitrogen and oxygen atoms in total. The molecule has 134 valence electrons. The van der Waals surface area contributed by atoms with Crippen molar-refractivity contribution in [1.29, 1.82) is 0 Å². The van der Waals surface area contributed by atoms with E-state index in [9.17, 15) is 9.59 Å². The van der Waals surface area contributed by atoms with Gasteiger partial charge >= 0.3 is 11.8 Å². The van der Waals surface area contributed by atoms with E-state index in [2.05, 4.69) is 22.5 Å². The molecule has 1 spiro atoms. The predicted molar refractivity (Wildman–Crippen MR) is 95.4 cm³/mol. The highest BCUT2D eigenvalue weighted by molar-refractivity contribution is 6.39. The second-order valence-electron chi connectivity index (χ2n) is 6.99. The third kappa shape index (κ3) is 3.83. The van der Waals surface area contributed by atoms with Crippen LogP contribution in [0.2, 0.25) is 0 Å². The molecule has 1 aromatic rings. The van der Waals surface area contributed by atoms with Gasteiger partial charge in [-0.3, -0.25) is 9.59 Å². The van der Waals surface area contributed by atoms with Gasteiger partial charge in [-0.15, -0.1) is 0 Å². The smallest absolute Gasteiger partial charge is 0.313 e. The van der Waals surface area contributed by atoms with Crippen LogP contribution in [0.25, 0.3) is 0 Å². The molecule has 2 amide bonds. The molecular formula is C19H25N3O3. The number of allylic oxidation sites excluding steroid dienone is 2. The number of methoxy groups -OCH3 is 1. The number of aryl methyl sites for hydroxylation is 1. The number of carbonyl (C=O) groups is 2. The zero-order valence-electron chi connectivity index (χ0n) is 14.9. The summed E-state index contributed by atoms with van der Waals surface area (Å²) in [5.41, 5.74) is 1.31. The van der Waals surface area contributed by atoms with Gasteiger partial charge in [0.05, 0.1) is 18.5 Å². The molecule has 1 aliphatic heterocycles. The van der Waals surface area contributed by atoms with Crippen molar-refractivity contribution in [3.63, 3.8) is 0 Å². The molecule has 0 bridgehead atoms. The lowest BCUT2D eigenvalue weighted by Crippen LogP contribution is -2.49. The van der Waals surface area contributed by atoms with Crippen LogP contribution in [0.15, 0.2) is 24.3 Å². The number of carbonyl (C=O) groups excluding carboxylic acids is 2. The number of nitrogens with zero attached hydrogens (tertiary/aromatic N) is 2. The minimum atomic E-state index is -0.599. The molecule has 2 heterocycles. The molecule has 6 heteroatoms.